The fourth-order valence-electron chi connectivity index (χ4n) is 10.6. The number of nitrogens with zero attached hydrogens (tertiary/aromatic N) is 4. The average Bonchev–Trinajstić information content (AvgIpc) is 3.74. The van der Waals surface area contributed by atoms with Crippen LogP contribution in [0.25, 0.3) is 0 Å². The number of likely N-dealkylation sites (tertiary alicyclic amines) is 2. The molecule has 8 rings (SSSR count). The lowest BCUT2D eigenvalue weighted by molar-refractivity contribution is -0.191. The van der Waals surface area contributed by atoms with Gasteiger partial charge >= 0.3 is 24.1 Å². The minimum absolute atomic E-state index is 0.0935. The second-order valence-corrected chi connectivity index (χ2v) is 18.6. The Balaban J connectivity index is 1.10. The van der Waals surface area contributed by atoms with Gasteiger partial charge in [0.15, 0.2) is 11.2 Å². The van der Waals surface area contributed by atoms with E-state index >= 15 is 0 Å². The van der Waals surface area contributed by atoms with Crippen molar-refractivity contribution in [2.24, 2.45) is 11.8 Å². The molecule has 4 aliphatic heterocycles. The first-order valence-electron chi connectivity index (χ1n) is 23.4. The van der Waals surface area contributed by atoms with Crippen LogP contribution in [0.2, 0.25) is 0 Å². The van der Waals surface area contributed by atoms with Crippen LogP contribution < -0.4 is 0 Å². The van der Waals surface area contributed by atoms with Crippen molar-refractivity contribution in [1.29, 1.82) is 0 Å². The van der Waals surface area contributed by atoms with Crippen molar-refractivity contribution in [3.05, 3.63) is 143 Å². The summed E-state index contributed by atoms with van der Waals surface area (Å²) < 4.78 is 83.0. The topological polar surface area (TPSA) is 118 Å². The summed E-state index contributed by atoms with van der Waals surface area (Å²) in [6.45, 7) is 7.23. The highest BCUT2D eigenvalue weighted by molar-refractivity contribution is 6.30. The number of hydrogen-bond acceptors (Lipinski definition) is 10. The summed E-state index contributed by atoms with van der Waals surface area (Å²) in [5.74, 6) is -5.97. The van der Waals surface area contributed by atoms with Gasteiger partial charge in [-0.3, -0.25) is 0 Å². The van der Waals surface area contributed by atoms with Gasteiger partial charge in [-0.1, -0.05) is 48.5 Å². The van der Waals surface area contributed by atoms with Crippen molar-refractivity contribution in [1.82, 2.24) is 19.6 Å². The number of amides is 2. The third-order valence-corrected chi connectivity index (χ3v) is 14.9. The Bertz CT molecular complexity index is 2150. The fraction of sp³-hybridized carbons (Fsp3) is 0.462. The second-order valence-electron chi connectivity index (χ2n) is 18.6. The highest BCUT2D eigenvalue weighted by atomic mass is 19.1. The standard InChI is InChI=1S/C52H58F4N4O8/c1-33-45(65-49(63)57(33)3)25-31-59-27-21-39(22-28-59)51(35-5-13-41(53)14-6-35,36-7-15-42(54)16-8-36)67-47(61)48(62)68-52(37-9-17-43(55)18-10-37,38-11-19-44(56)20-12-38)40-23-29-60(30-24-40)32-26-46-34(2)58(4)50(64)66-46/h5-20,33-34,39-40,45-46H,21-32H2,1-4H3. The Morgan fingerprint density at radius 3 is 1.01 bits per heavy atom. The summed E-state index contributed by atoms with van der Waals surface area (Å²) >= 11 is 0. The molecule has 4 saturated heterocycles. The van der Waals surface area contributed by atoms with Crippen LogP contribution in [-0.2, 0) is 39.7 Å². The average molecular weight is 943 g/mol. The van der Waals surface area contributed by atoms with Gasteiger partial charge in [0.1, 0.15) is 35.5 Å². The molecule has 0 N–H and O–H groups in total. The third-order valence-electron chi connectivity index (χ3n) is 14.9. The molecule has 16 heteroatoms. The van der Waals surface area contributed by atoms with E-state index in [-0.39, 0.29) is 36.5 Å². The first-order chi connectivity index (χ1) is 32.6. The number of cyclic esters (lactones) is 2. The number of halogens is 4. The van der Waals surface area contributed by atoms with Crippen LogP contribution in [0, 0.1) is 35.1 Å². The predicted molar refractivity (Wildman–Crippen MR) is 242 cm³/mol. The Morgan fingerprint density at radius 2 is 0.779 bits per heavy atom. The zero-order valence-corrected chi connectivity index (χ0v) is 38.8. The summed E-state index contributed by atoms with van der Waals surface area (Å²) in [5.41, 5.74) is -2.09. The van der Waals surface area contributed by atoms with Gasteiger partial charge < -0.3 is 38.5 Å². The maximum atomic E-state index is 14.9. The van der Waals surface area contributed by atoms with E-state index in [9.17, 15) is 36.7 Å². The van der Waals surface area contributed by atoms with Gasteiger partial charge in [-0.05, 0) is 127 Å². The van der Waals surface area contributed by atoms with Gasteiger partial charge in [-0.15, -0.1) is 0 Å². The number of ether oxygens (including phenoxy) is 4. The number of carbonyl (C=O) groups excluding carboxylic acids is 4. The molecule has 0 radical (unpaired) electrons. The van der Waals surface area contributed by atoms with E-state index in [0.29, 0.717) is 100 Å². The first-order valence-corrected chi connectivity index (χ1v) is 23.4. The Labute approximate surface area is 394 Å². The van der Waals surface area contributed by atoms with Crippen molar-refractivity contribution in [3.63, 3.8) is 0 Å². The molecule has 2 amide bonds. The van der Waals surface area contributed by atoms with Crippen molar-refractivity contribution in [3.8, 4) is 0 Å². The molecule has 12 nitrogen and oxygen atoms in total. The first kappa shape index (κ1) is 48.5. The Morgan fingerprint density at radius 1 is 0.515 bits per heavy atom. The van der Waals surface area contributed by atoms with E-state index < -0.39 is 58.2 Å². The molecule has 0 saturated carbocycles. The molecule has 4 heterocycles. The molecular weight excluding hydrogens is 885 g/mol. The SMILES string of the molecule is CC1C(CCN2CCC(C(OC(=O)C(=O)OC(c3ccc(F)cc3)(c3ccc(F)cc3)C3CCN(CCC4OC(=O)N(C)C4C)CC3)(c3ccc(F)cc3)c3ccc(F)cc3)CC2)OC(=O)N1C. The van der Waals surface area contributed by atoms with E-state index in [4.69, 9.17) is 18.9 Å². The highest BCUT2D eigenvalue weighted by Crippen LogP contribution is 2.48. The number of esters is 2. The van der Waals surface area contributed by atoms with Gasteiger partial charge in [0, 0.05) is 61.3 Å². The maximum Gasteiger partial charge on any atom is 0.418 e. The molecular formula is C52H58F4N4O8. The summed E-state index contributed by atoms with van der Waals surface area (Å²) in [6.07, 6.45) is 1.63. The molecule has 4 aromatic rings. The fourth-order valence-corrected chi connectivity index (χ4v) is 10.6. The summed E-state index contributed by atoms with van der Waals surface area (Å²) in [5, 5.41) is 0. The molecule has 4 aromatic carbocycles. The van der Waals surface area contributed by atoms with E-state index in [1.54, 1.807) is 23.9 Å². The number of benzene rings is 4. The molecule has 4 aliphatic rings. The Hall–Kier alpha value is -6.00. The van der Waals surface area contributed by atoms with E-state index in [2.05, 4.69) is 9.80 Å². The summed E-state index contributed by atoms with van der Waals surface area (Å²) in [4.78, 5) is 61.7. The van der Waals surface area contributed by atoms with Crippen LogP contribution in [-0.4, -0.2) is 121 Å². The summed E-state index contributed by atoms with van der Waals surface area (Å²) in [6, 6.07) is 21.6. The van der Waals surface area contributed by atoms with Crippen LogP contribution in [0.1, 0.15) is 74.6 Å². The molecule has 4 fully saturated rings. The quantitative estimate of drug-likeness (QED) is 0.0528. The molecule has 4 unspecified atom stereocenters. The Kier molecular flexibility index (Phi) is 14.5. The largest absolute Gasteiger partial charge is 0.444 e. The molecule has 0 aliphatic carbocycles. The van der Waals surface area contributed by atoms with Crippen molar-refractivity contribution in [2.45, 2.75) is 87.9 Å². The van der Waals surface area contributed by atoms with Crippen molar-refractivity contribution in [2.75, 3.05) is 53.4 Å². The molecule has 0 bridgehead atoms. The smallest absolute Gasteiger partial charge is 0.418 e. The number of hydrogen-bond donors (Lipinski definition) is 0. The lowest BCUT2D eigenvalue weighted by Crippen LogP contribution is -2.50. The highest BCUT2D eigenvalue weighted by Gasteiger charge is 2.52. The zero-order valence-electron chi connectivity index (χ0n) is 38.8. The van der Waals surface area contributed by atoms with Gasteiger partial charge in [-0.25, -0.2) is 36.7 Å². The van der Waals surface area contributed by atoms with E-state index in [0.717, 1.165) is 0 Å². The number of likely N-dealkylation sites (N-methyl/N-ethyl adjacent to an activating group) is 2. The third kappa shape index (κ3) is 9.80. The maximum absolute atomic E-state index is 14.9. The summed E-state index contributed by atoms with van der Waals surface area (Å²) in [7, 11) is 3.41. The zero-order chi connectivity index (χ0) is 48.3. The van der Waals surface area contributed by atoms with E-state index in [1.165, 1.54) is 97.1 Å². The van der Waals surface area contributed by atoms with Crippen molar-refractivity contribution < 1.29 is 55.7 Å². The lowest BCUT2D eigenvalue weighted by Gasteiger charge is -2.46. The van der Waals surface area contributed by atoms with Crippen LogP contribution in [0.15, 0.2) is 97.1 Å². The molecule has 4 atom stereocenters. The predicted octanol–water partition coefficient (Wildman–Crippen LogP) is 8.40. The monoisotopic (exact) mass is 942 g/mol. The second kappa shape index (κ2) is 20.3. The van der Waals surface area contributed by atoms with Gasteiger partial charge in [-0.2, -0.15) is 0 Å². The van der Waals surface area contributed by atoms with Gasteiger partial charge in [0.2, 0.25) is 0 Å². The molecule has 0 aromatic heterocycles. The van der Waals surface area contributed by atoms with Crippen molar-refractivity contribution >= 4 is 24.1 Å². The van der Waals surface area contributed by atoms with Gasteiger partial charge in [0.25, 0.3) is 0 Å². The minimum atomic E-state index is -1.75. The van der Waals surface area contributed by atoms with E-state index in [1.807, 2.05) is 13.8 Å². The minimum Gasteiger partial charge on any atom is -0.444 e. The van der Waals surface area contributed by atoms with Crippen LogP contribution in [0.3, 0.4) is 0 Å². The van der Waals surface area contributed by atoms with Gasteiger partial charge in [0.05, 0.1) is 12.1 Å². The normalized spacial score (nSPS) is 22.3. The molecule has 362 valence electrons. The number of rotatable bonds is 14. The van der Waals surface area contributed by atoms with Crippen LogP contribution in [0.4, 0.5) is 27.2 Å². The van der Waals surface area contributed by atoms with Crippen LogP contribution >= 0.6 is 0 Å². The lowest BCUT2D eigenvalue weighted by atomic mass is 9.71. The number of carbonyl (C=O) groups is 4. The van der Waals surface area contributed by atoms with Crippen LogP contribution in [0.5, 0.6) is 0 Å². The number of piperidine rings is 2. The molecule has 0 spiro atoms. The molecule has 68 heavy (non-hydrogen) atoms.